The summed E-state index contributed by atoms with van der Waals surface area (Å²) in [5.41, 5.74) is 3.86. The van der Waals surface area contributed by atoms with Crippen molar-refractivity contribution in [3.8, 4) is 22.5 Å². The fourth-order valence-electron chi connectivity index (χ4n) is 3.20. The van der Waals surface area contributed by atoms with Crippen LogP contribution in [0.5, 0.6) is 0 Å². The standard InChI is InChI=1S/C21H15FN8O/c1-29-11-16(20(28-29)13-2-4-15(22)5-3-13)17-6-7-19-25-18(12-30(19)27-17)26-21(31)14-8-9-23-24-10-14/h2-12H,1H3,(H,26,31). The number of benzene rings is 1. The molecule has 5 aromatic rings. The summed E-state index contributed by atoms with van der Waals surface area (Å²) in [5, 5.41) is 19.2. The number of anilines is 1. The molecule has 5 rings (SSSR count). The van der Waals surface area contributed by atoms with Crippen LogP contribution in [-0.4, -0.2) is 40.5 Å². The van der Waals surface area contributed by atoms with Gasteiger partial charge in [-0.3, -0.25) is 9.48 Å². The zero-order chi connectivity index (χ0) is 21.4. The molecule has 1 aromatic carbocycles. The molecule has 4 aromatic heterocycles. The van der Waals surface area contributed by atoms with Crippen LogP contribution in [-0.2, 0) is 7.05 Å². The number of nitrogens with one attached hydrogen (secondary N) is 1. The molecule has 1 N–H and O–H groups in total. The Balaban J connectivity index is 1.49. The first-order valence-electron chi connectivity index (χ1n) is 9.31. The molecule has 9 nitrogen and oxygen atoms in total. The summed E-state index contributed by atoms with van der Waals surface area (Å²) >= 11 is 0. The van der Waals surface area contributed by atoms with E-state index in [1.165, 1.54) is 24.5 Å². The number of carbonyl (C=O) groups is 1. The number of fused-ring (bicyclic) bond motifs is 1. The first-order valence-corrected chi connectivity index (χ1v) is 9.31. The van der Waals surface area contributed by atoms with Gasteiger partial charge in [-0.2, -0.15) is 20.4 Å². The average Bonchev–Trinajstić information content (AvgIpc) is 3.37. The van der Waals surface area contributed by atoms with Gasteiger partial charge < -0.3 is 5.32 Å². The molecule has 0 aliphatic carbocycles. The first-order chi connectivity index (χ1) is 15.1. The summed E-state index contributed by atoms with van der Waals surface area (Å²) < 4.78 is 16.6. The Bertz CT molecular complexity index is 1390. The Morgan fingerprint density at radius 1 is 1.00 bits per heavy atom. The second-order valence-electron chi connectivity index (χ2n) is 6.80. The third kappa shape index (κ3) is 3.62. The summed E-state index contributed by atoms with van der Waals surface area (Å²) in [6.45, 7) is 0. The lowest BCUT2D eigenvalue weighted by atomic mass is 10.1. The molecule has 0 bridgehead atoms. The molecule has 10 heteroatoms. The van der Waals surface area contributed by atoms with Gasteiger partial charge in [-0.05, 0) is 42.5 Å². The maximum Gasteiger partial charge on any atom is 0.258 e. The maximum atomic E-state index is 13.3. The molecule has 0 spiro atoms. The minimum Gasteiger partial charge on any atom is -0.305 e. The first kappa shape index (κ1) is 18.6. The Kier molecular flexibility index (Phi) is 4.43. The van der Waals surface area contributed by atoms with Crippen molar-refractivity contribution in [3.05, 3.63) is 78.6 Å². The summed E-state index contributed by atoms with van der Waals surface area (Å²) in [7, 11) is 1.81. The number of nitrogens with zero attached hydrogens (tertiary/aromatic N) is 7. The van der Waals surface area contributed by atoms with E-state index < -0.39 is 0 Å². The van der Waals surface area contributed by atoms with Crippen LogP contribution in [0.3, 0.4) is 0 Å². The number of imidazole rings is 1. The number of aryl methyl sites for hydroxylation is 1. The highest BCUT2D eigenvalue weighted by atomic mass is 19.1. The summed E-state index contributed by atoms with van der Waals surface area (Å²) in [6, 6.07) is 11.3. The second-order valence-corrected chi connectivity index (χ2v) is 6.80. The number of halogens is 1. The number of aromatic nitrogens is 7. The van der Waals surface area contributed by atoms with Crippen LogP contribution in [0.4, 0.5) is 10.2 Å². The van der Waals surface area contributed by atoms with Gasteiger partial charge in [0.2, 0.25) is 0 Å². The van der Waals surface area contributed by atoms with Crippen molar-refractivity contribution >= 4 is 17.4 Å². The van der Waals surface area contributed by atoms with Crippen LogP contribution in [0, 0.1) is 5.82 Å². The van der Waals surface area contributed by atoms with E-state index in [1.807, 2.05) is 19.3 Å². The van der Waals surface area contributed by atoms with Crippen LogP contribution in [0.2, 0.25) is 0 Å². The van der Waals surface area contributed by atoms with E-state index in [1.54, 1.807) is 39.7 Å². The number of carbonyl (C=O) groups excluding carboxylic acids is 1. The molecule has 0 saturated heterocycles. The molecule has 0 radical (unpaired) electrons. The molecule has 0 saturated carbocycles. The third-order valence-corrected chi connectivity index (χ3v) is 4.63. The lowest BCUT2D eigenvalue weighted by molar-refractivity contribution is 0.102. The molecular weight excluding hydrogens is 399 g/mol. The van der Waals surface area contributed by atoms with E-state index in [0.29, 0.717) is 28.4 Å². The highest BCUT2D eigenvalue weighted by Crippen LogP contribution is 2.30. The minimum absolute atomic E-state index is 0.309. The smallest absolute Gasteiger partial charge is 0.258 e. The number of rotatable bonds is 4. The molecule has 0 unspecified atom stereocenters. The Morgan fingerprint density at radius 2 is 1.84 bits per heavy atom. The number of hydrogen-bond acceptors (Lipinski definition) is 6. The van der Waals surface area contributed by atoms with E-state index in [-0.39, 0.29) is 11.7 Å². The van der Waals surface area contributed by atoms with Crippen molar-refractivity contribution in [1.29, 1.82) is 0 Å². The lowest BCUT2D eigenvalue weighted by Gasteiger charge is -2.03. The van der Waals surface area contributed by atoms with Gasteiger partial charge in [-0.15, -0.1) is 0 Å². The van der Waals surface area contributed by atoms with Gasteiger partial charge in [0.15, 0.2) is 11.5 Å². The van der Waals surface area contributed by atoms with Gasteiger partial charge in [0.05, 0.1) is 29.8 Å². The highest BCUT2D eigenvalue weighted by molar-refractivity contribution is 6.03. The molecule has 0 fully saturated rings. The van der Waals surface area contributed by atoms with E-state index in [9.17, 15) is 9.18 Å². The zero-order valence-corrected chi connectivity index (χ0v) is 16.3. The molecule has 152 valence electrons. The van der Waals surface area contributed by atoms with Crippen molar-refractivity contribution < 1.29 is 9.18 Å². The van der Waals surface area contributed by atoms with Crippen LogP contribution >= 0.6 is 0 Å². The van der Waals surface area contributed by atoms with Gasteiger partial charge in [-0.1, -0.05) is 0 Å². The monoisotopic (exact) mass is 414 g/mol. The summed E-state index contributed by atoms with van der Waals surface area (Å²) in [4.78, 5) is 16.7. The molecule has 0 aliphatic rings. The Labute approximate surface area is 175 Å². The van der Waals surface area contributed by atoms with Gasteiger partial charge in [0.25, 0.3) is 5.91 Å². The lowest BCUT2D eigenvalue weighted by Crippen LogP contribution is -2.12. The number of hydrogen-bond donors (Lipinski definition) is 1. The average molecular weight is 414 g/mol. The Morgan fingerprint density at radius 3 is 2.61 bits per heavy atom. The third-order valence-electron chi connectivity index (χ3n) is 4.63. The SMILES string of the molecule is Cn1cc(-c2ccc3nc(NC(=O)c4ccnnc4)cn3n2)c(-c2ccc(F)cc2)n1. The predicted molar refractivity (Wildman–Crippen MR) is 111 cm³/mol. The fourth-order valence-corrected chi connectivity index (χ4v) is 3.20. The number of amides is 1. The molecular formula is C21H15FN8O. The van der Waals surface area contributed by atoms with E-state index in [4.69, 9.17) is 0 Å². The predicted octanol–water partition coefficient (Wildman–Crippen LogP) is 2.98. The second kappa shape index (κ2) is 7.41. The van der Waals surface area contributed by atoms with Crippen LogP contribution < -0.4 is 5.32 Å². The minimum atomic E-state index is -0.343. The van der Waals surface area contributed by atoms with Gasteiger partial charge in [0, 0.05) is 24.4 Å². The van der Waals surface area contributed by atoms with Crippen molar-refractivity contribution in [3.63, 3.8) is 0 Å². The largest absolute Gasteiger partial charge is 0.305 e. The van der Waals surface area contributed by atoms with Crippen molar-refractivity contribution in [1.82, 2.24) is 34.6 Å². The summed E-state index contributed by atoms with van der Waals surface area (Å²) in [5.74, 6) is -0.294. The molecule has 0 aliphatic heterocycles. The highest BCUT2D eigenvalue weighted by Gasteiger charge is 2.15. The maximum absolute atomic E-state index is 13.3. The van der Waals surface area contributed by atoms with Crippen molar-refractivity contribution in [2.75, 3.05) is 5.32 Å². The molecule has 4 heterocycles. The van der Waals surface area contributed by atoms with Crippen molar-refractivity contribution in [2.45, 2.75) is 0 Å². The van der Waals surface area contributed by atoms with Crippen LogP contribution in [0.25, 0.3) is 28.2 Å². The van der Waals surface area contributed by atoms with E-state index in [2.05, 4.69) is 30.7 Å². The topological polar surface area (TPSA) is 103 Å². The fraction of sp³-hybridized carbons (Fsp3) is 0.0476. The zero-order valence-electron chi connectivity index (χ0n) is 16.3. The summed E-state index contributed by atoms with van der Waals surface area (Å²) in [6.07, 6.45) is 6.29. The molecule has 31 heavy (non-hydrogen) atoms. The van der Waals surface area contributed by atoms with Gasteiger partial charge in [-0.25, -0.2) is 13.9 Å². The van der Waals surface area contributed by atoms with E-state index >= 15 is 0 Å². The van der Waals surface area contributed by atoms with E-state index in [0.717, 1.165) is 11.1 Å². The van der Waals surface area contributed by atoms with Crippen LogP contribution in [0.1, 0.15) is 10.4 Å². The van der Waals surface area contributed by atoms with Gasteiger partial charge in [0.1, 0.15) is 11.5 Å². The Hall–Kier alpha value is -4.47. The van der Waals surface area contributed by atoms with Crippen LogP contribution in [0.15, 0.2) is 67.3 Å². The normalized spacial score (nSPS) is 11.0. The quantitative estimate of drug-likeness (QED) is 0.485. The molecule has 1 amide bonds. The van der Waals surface area contributed by atoms with Gasteiger partial charge >= 0.3 is 0 Å². The van der Waals surface area contributed by atoms with Crippen molar-refractivity contribution in [2.24, 2.45) is 7.05 Å². The molecule has 0 atom stereocenters.